The van der Waals surface area contributed by atoms with Crippen LogP contribution in [0.3, 0.4) is 0 Å². The highest BCUT2D eigenvalue weighted by molar-refractivity contribution is 8.01. The number of esters is 1. The van der Waals surface area contributed by atoms with Gasteiger partial charge < -0.3 is 4.74 Å². The van der Waals surface area contributed by atoms with Crippen LogP contribution >= 0.6 is 11.8 Å². The van der Waals surface area contributed by atoms with Gasteiger partial charge in [0.1, 0.15) is 4.75 Å². The predicted molar refractivity (Wildman–Crippen MR) is 76.1 cm³/mol. The first-order valence-electron chi connectivity index (χ1n) is 7.15. The minimum Gasteiger partial charge on any atom is -0.469 e. The minimum atomic E-state index is -0.906. The number of unbranched alkanes of at least 4 members (excludes halogenated alkanes) is 3. The maximum Gasteiger partial charge on any atom is 0.310 e. The van der Waals surface area contributed by atoms with E-state index in [0.29, 0.717) is 6.42 Å². The predicted octanol–water partition coefficient (Wildman–Crippen LogP) is 1.50. The van der Waals surface area contributed by atoms with Crippen LogP contribution in [-0.2, 0) is 19.1 Å². The summed E-state index contributed by atoms with van der Waals surface area (Å²) in [4.78, 5) is 35.7. The molecule has 0 aromatic carbocycles. The van der Waals surface area contributed by atoms with Gasteiger partial charge in [0.2, 0.25) is 11.8 Å². The van der Waals surface area contributed by atoms with Crippen molar-refractivity contribution in [3.8, 4) is 0 Å². The first-order valence-corrected chi connectivity index (χ1v) is 8.13. The molecule has 3 atom stereocenters. The fourth-order valence-corrected chi connectivity index (χ4v) is 4.70. The molecular formula is C14H21NO4S. The Bertz CT molecular complexity index is 425. The number of methoxy groups -OCH3 is 1. The van der Waals surface area contributed by atoms with E-state index in [-0.39, 0.29) is 23.7 Å². The van der Waals surface area contributed by atoms with Crippen molar-refractivity contribution in [2.75, 3.05) is 12.9 Å². The fourth-order valence-electron chi connectivity index (χ4n) is 3.03. The lowest BCUT2D eigenvalue weighted by molar-refractivity contribution is -0.155. The van der Waals surface area contributed by atoms with Gasteiger partial charge in [-0.3, -0.25) is 19.7 Å². The highest BCUT2D eigenvalue weighted by Gasteiger charge is 2.70. The number of imide groups is 1. The zero-order chi connectivity index (χ0) is 14.8. The lowest BCUT2D eigenvalue weighted by Gasteiger charge is -2.46. The van der Waals surface area contributed by atoms with Crippen LogP contribution in [0.1, 0.15) is 39.0 Å². The molecule has 3 unspecified atom stereocenters. The third kappa shape index (κ3) is 2.34. The van der Waals surface area contributed by atoms with Crippen LogP contribution in [0.2, 0.25) is 0 Å². The zero-order valence-electron chi connectivity index (χ0n) is 11.9. The molecule has 0 aromatic heterocycles. The Morgan fingerprint density at radius 1 is 1.40 bits per heavy atom. The van der Waals surface area contributed by atoms with Gasteiger partial charge in [0.05, 0.1) is 18.9 Å². The van der Waals surface area contributed by atoms with Gasteiger partial charge in [0.15, 0.2) is 0 Å². The summed E-state index contributed by atoms with van der Waals surface area (Å²) >= 11 is 1.46. The summed E-state index contributed by atoms with van der Waals surface area (Å²) in [6.07, 6.45) is 4.86. The number of thioether (sulfide) groups is 1. The van der Waals surface area contributed by atoms with Gasteiger partial charge in [-0.2, -0.15) is 0 Å². The number of fused-ring (bicyclic) bond motifs is 1. The number of carbonyl (C=O) groups is 3. The molecule has 2 fully saturated rings. The summed E-state index contributed by atoms with van der Waals surface area (Å²) in [7, 11) is 1.32. The number of carbonyl (C=O) groups excluding carboxylic acids is 3. The number of ether oxygens (including phenoxy) is 1. The van der Waals surface area contributed by atoms with Crippen LogP contribution in [0, 0.1) is 11.8 Å². The molecule has 1 aliphatic carbocycles. The number of amides is 2. The molecule has 0 bridgehead atoms. The van der Waals surface area contributed by atoms with E-state index in [2.05, 4.69) is 12.2 Å². The molecule has 1 saturated carbocycles. The van der Waals surface area contributed by atoms with Gasteiger partial charge >= 0.3 is 5.97 Å². The molecule has 2 aliphatic rings. The molecule has 0 spiro atoms. The standard InChI is InChI=1S/C14H21NO4S/c1-3-4-5-6-7-20-14-9(11(16)15-13(14)18)8-10(14)12(17)19-2/h9-10H,3-8H2,1-2H3,(H,15,16,18). The number of hydrogen-bond acceptors (Lipinski definition) is 5. The molecule has 1 heterocycles. The number of hydrogen-bond donors (Lipinski definition) is 1. The third-order valence-corrected chi connectivity index (χ3v) is 5.96. The highest BCUT2D eigenvalue weighted by atomic mass is 32.2. The van der Waals surface area contributed by atoms with Crippen LogP contribution in [0.4, 0.5) is 0 Å². The second-order valence-corrected chi connectivity index (χ2v) is 6.76. The van der Waals surface area contributed by atoms with Crippen molar-refractivity contribution in [2.24, 2.45) is 11.8 Å². The van der Waals surface area contributed by atoms with E-state index in [1.54, 1.807) is 0 Å². The molecule has 1 aliphatic heterocycles. The Morgan fingerprint density at radius 3 is 2.75 bits per heavy atom. The van der Waals surface area contributed by atoms with E-state index in [4.69, 9.17) is 4.74 Å². The van der Waals surface area contributed by atoms with Crippen molar-refractivity contribution in [3.05, 3.63) is 0 Å². The van der Waals surface area contributed by atoms with E-state index in [0.717, 1.165) is 25.0 Å². The molecule has 5 nitrogen and oxygen atoms in total. The minimum absolute atomic E-state index is 0.240. The molecular weight excluding hydrogens is 278 g/mol. The summed E-state index contributed by atoms with van der Waals surface area (Å²) in [5.41, 5.74) is 0. The van der Waals surface area contributed by atoms with Crippen LogP contribution in [0.15, 0.2) is 0 Å². The average molecular weight is 299 g/mol. The van der Waals surface area contributed by atoms with Gasteiger partial charge in [-0.15, -0.1) is 11.8 Å². The summed E-state index contributed by atoms with van der Waals surface area (Å²) in [6.45, 7) is 2.14. The van der Waals surface area contributed by atoms with Crippen molar-refractivity contribution in [2.45, 2.75) is 43.8 Å². The Hall–Kier alpha value is -1.04. The van der Waals surface area contributed by atoms with Gasteiger partial charge in [-0.1, -0.05) is 26.2 Å². The van der Waals surface area contributed by atoms with Crippen molar-refractivity contribution in [1.82, 2.24) is 5.32 Å². The molecule has 1 saturated heterocycles. The molecule has 112 valence electrons. The monoisotopic (exact) mass is 299 g/mol. The van der Waals surface area contributed by atoms with Crippen molar-refractivity contribution in [3.63, 3.8) is 0 Å². The summed E-state index contributed by atoms with van der Waals surface area (Å²) in [6, 6.07) is 0. The van der Waals surface area contributed by atoms with Gasteiger partial charge in [-0.25, -0.2) is 0 Å². The lowest BCUT2D eigenvalue weighted by Crippen LogP contribution is -2.59. The quantitative estimate of drug-likeness (QED) is 0.438. The van der Waals surface area contributed by atoms with Gasteiger partial charge in [0, 0.05) is 0 Å². The van der Waals surface area contributed by atoms with Gasteiger partial charge in [0.25, 0.3) is 0 Å². The fraction of sp³-hybridized carbons (Fsp3) is 0.786. The number of rotatable bonds is 7. The highest BCUT2D eigenvalue weighted by Crippen LogP contribution is 2.57. The smallest absolute Gasteiger partial charge is 0.310 e. The van der Waals surface area contributed by atoms with Crippen LogP contribution in [0.25, 0.3) is 0 Å². The molecule has 0 aromatic rings. The van der Waals surface area contributed by atoms with E-state index < -0.39 is 10.7 Å². The maximum atomic E-state index is 12.2. The third-order valence-electron chi connectivity index (χ3n) is 4.24. The molecule has 1 N–H and O–H groups in total. The normalized spacial score (nSPS) is 31.5. The van der Waals surface area contributed by atoms with Crippen LogP contribution in [-0.4, -0.2) is 35.4 Å². The maximum absolute atomic E-state index is 12.2. The lowest BCUT2D eigenvalue weighted by atomic mass is 9.65. The molecule has 2 rings (SSSR count). The van der Waals surface area contributed by atoms with Crippen LogP contribution in [0.5, 0.6) is 0 Å². The zero-order valence-corrected chi connectivity index (χ0v) is 12.8. The Balaban J connectivity index is 2.03. The molecule has 0 radical (unpaired) electrons. The number of nitrogens with one attached hydrogen (secondary N) is 1. The SMILES string of the molecule is CCCCCCSC12C(=O)NC(=O)C1CC2C(=O)OC. The Morgan fingerprint density at radius 2 is 2.15 bits per heavy atom. The Kier molecular flexibility index (Phi) is 4.73. The van der Waals surface area contributed by atoms with Crippen molar-refractivity contribution in [1.29, 1.82) is 0 Å². The van der Waals surface area contributed by atoms with Crippen molar-refractivity contribution < 1.29 is 19.1 Å². The van der Waals surface area contributed by atoms with Crippen LogP contribution < -0.4 is 5.32 Å². The molecule has 2 amide bonds. The molecule has 6 heteroatoms. The summed E-state index contributed by atoms with van der Waals surface area (Å²) in [5.74, 6) is -0.988. The van der Waals surface area contributed by atoms with Gasteiger partial charge in [-0.05, 0) is 18.6 Å². The van der Waals surface area contributed by atoms with E-state index in [1.165, 1.54) is 25.3 Å². The van der Waals surface area contributed by atoms with E-state index >= 15 is 0 Å². The Labute approximate surface area is 123 Å². The topological polar surface area (TPSA) is 72.5 Å². The first-order chi connectivity index (χ1) is 9.57. The second-order valence-electron chi connectivity index (χ2n) is 5.38. The van der Waals surface area contributed by atoms with Crippen molar-refractivity contribution >= 4 is 29.5 Å². The second kappa shape index (κ2) is 6.16. The first kappa shape index (κ1) is 15.4. The summed E-state index contributed by atoms with van der Waals surface area (Å²) in [5, 5.41) is 2.37. The summed E-state index contributed by atoms with van der Waals surface area (Å²) < 4.78 is 3.87. The van der Waals surface area contributed by atoms with E-state index in [9.17, 15) is 14.4 Å². The van der Waals surface area contributed by atoms with E-state index in [1.807, 2.05) is 0 Å². The molecule has 20 heavy (non-hydrogen) atoms. The largest absolute Gasteiger partial charge is 0.469 e. The average Bonchev–Trinajstić information content (AvgIpc) is 2.57.